The molecular formula is C22H24N4O5S2. The Morgan fingerprint density at radius 1 is 1.21 bits per heavy atom. The summed E-state index contributed by atoms with van der Waals surface area (Å²) in [6.07, 6.45) is 1.89. The van der Waals surface area contributed by atoms with Crippen LogP contribution >= 0.6 is 11.3 Å². The highest BCUT2D eigenvalue weighted by atomic mass is 32.2. The number of nitrogens with one attached hydrogen (secondary N) is 1. The van der Waals surface area contributed by atoms with E-state index >= 15 is 0 Å². The summed E-state index contributed by atoms with van der Waals surface area (Å²) in [4.78, 5) is 27.8. The van der Waals surface area contributed by atoms with Crippen LogP contribution in [0.5, 0.6) is 0 Å². The molecule has 1 aromatic carbocycles. The quantitative estimate of drug-likeness (QED) is 0.553. The Kier molecular flexibility index (Phi) is 6.02. The molecule has 0 bridgehead atoms. The van der Waals surface area contributed by atoms with Gasteiger partial charge in [0.2, 0.25) is 0 Å². The van der Waals surface area contributed by atoms with E-state index in [-0.39, 0.29) is 22.2 Å². The molecule has 0 spiro atoms. The molecule has 0 saturated heterocycles. The summed E-state index contributed by atoms with van der Waals surface area (Å²) in [5.41, 5.74) is 3.29. The van der Waals surface area contributed by atoms with Crippen molar-refractivity contribution in [3.8, 4) is 0 Å². The van der Waals surface area contributed by atoms with Crippen molar-refractivity contribution >= 4 is 38.9 Å². The number of carbonyl (C=O) groups is 2. The standard InChI is InChI=1S/C22H24N4O5S2/c1-13-6-5-7-16(14(13)2)24-33(29,30)22-19(21(28)31-4)15-9-11-26(12-18(15)32-22)20(27)17-8-10-23-25(17)3/h5-8,10,24H,9,11-12H2,1-4H3. The summed E-state index contributed by atoms with van der Waals surface area (Å²) in [5.74, 6) is -0.910. The minimum Gasteiger partial charge on any atom is -0.465 e. The molecule has 4 rings (SSSR count). The number of carbonyl (C=O) groups excluding carboxylic acids is 2. The first kappa shape index (κ1) is 23.0. The molecule has 0 atom stereocenters. The first-order valence-corrected chi connectivity index (χ1v) is 12.5. The van der Waals surface area contributed by atoms with E-state index in [4.69, 9.17) is 4.74 Å². The van der Waals surface area contributed by atoms with Crippen LogP contribution in [-0.4, -0.2) is 48.6 Å². The van der Waals surface area contributed by atoms with Crippen LogP contribution in [0, 0.1) is 13.8 Å². The maximum atomic E-state index is 13.4. The topological polar surface area (TPSA) is 111 Å². The van der Waals surface area contributed by atoms with E-state index in [0.29, 0.717) is 34.8 Å². The van der Waals surface area contributed by atoms with Crippen molar-refractivity contribution < 1.29 is 22.7 Å². The minimum atomic E-state index is -4.07. The van der Waals surface area contributed by atoms with Crippen molar-refractivity contribution in [2.45, 2.75) is 31.0 Å². The third-order valence-corrected chi connectivity index (χ3v) is 8.93. The van der Waals surface area contributed by atoms with Crippen molar-refractivity contribution in [3.05, 3.63) is 63.3 Å². The van der Waals surface area contributed by atoms with Gasteiger partial charge in [0.1, 0.15) is 5.69 Å². The highest BCUT2D eigenvalue weighted by molar-refractivity contribution is 7.94. The Morgan fingerprint density at radius 2 is 1.97 bits per heavy atom. The molecule has 0 fully saturated rings. The molecular weight excluding hydrogens is 464 g/mol. The Hall–Kier alpha value is -3.18. The van der Waals surface area contributed by atoms with Crippen LogP contribution in [0.25, 0.3) is 0 Å². The van der Waals surface area contributed by atoms with Crippen molar-refractivity contribution in [1.82, 2.24) is 14.7 Å². The molecule has 0 unspecified atom stereocenters. The number of thiophene rings is 1. The van der Waals surface area contributed by atoms with Gasteiger partial charge < -0.3 is 9.64 Å². The Morgan fingerprint density at radius 3 is 2.64 bits per heavy atom. The van der Waals surface area contributed by atoms with Crippen LogP contribution in [0.15, 0.2) is 34.7 Å². The summed E-state index contributed by atoms with van der Waals surface area (Å²) in [6.45, 7) is 4.27. The lowest BCUT2D eigenvalue weighted by atomic mass is 10.0. The third-order valence-electron chi connectivity index (χ3n) is 5.83. The van der Waals surface area contributed by atoms with Crippen LogP contribution in [0.2, 0.25) is 0 Å². The highest BCUT2D eigenvalue weighted by Gasteiger charge is 2.35. The lowest BCUT2D eigenvalue weighted by Crippen LogP contribution is -2.36. The molecule has 0 aliphatic carbocycles. The van der Waals surface area contributed by atoms with Gasteiger partial charge in [0.25, 0.3) is 15.9 Å². The SMILES string of the molecule is COC(=O)c1c(S(=O)(=O)Nc2cccc(C)c2C)sc2c1CCN(C(=O)c1ccnn1C)C2. The number of aryl methyl sites for hydroxylation is 2. The molecule has 3 aromatic rings. The Bertz CT molecular complexity index is 1360. The predicted molar refractivity (Wildman–Crippen MR) is 124 cm³/mol. The van der Waals surface area contributed by atoms with Gasteiger partial charge in [-0.1, -0.05) is 12.1 Å². The van der Waals surface area contributed by atoms with Crippen LogP contribution in [-0.2, 0) is 34.8 Å². The Labute approximate surface area is 196 Å². The lowest BCUT2D eigenvalue weighted by Gasteiger charge is -2.27. The number of hydrogen-bond donors (Lipinski definition) is 1. The summed E-state index contributed by atoms with van der Waals surface area (Å²) < 4.78 is 35.7. The Balaban J connectivity index is 1.72. The smallest absolute Gasteiger partial charge is 0.340 e. The average Bonchev–Trinajstić information content (AvgIpc) is 3.39. The van der Waals surface area contributed by atoms with Gasteiger partial charge in [-0.2, -0.15) is 5.10 Å². The number of ether oxygens (including phenoxy) is 1. The average molecular weight is 489 g/mol. The second kappa shape index (κ2) is 8.64. The van der Waals surface area contributed by atoms with Crippen LogP contribution < -0.4 is 4.72 Å². The lowest BCUT2D eigenvalue weighted by molar-refractivity contribution is 0.0595. The second-order valence-electron chi connectivity index (χ2n) is 7.83. The summed E-state index contributed by atoms with van der Waals surface area (Å²) >= 11 is 0.997. The van der Waals surface area contributed by atoms with Gasteiger partial charge in [-0.05, 0) is 49.1 Å². The van der Waals surface area contributed by atoms with E-state index in [1.165, 1.54) is 11.8 Å². The first-order chi connectivity index (χ1) is 15.6. The maximum Gasteiger partial charge on any atom is 0.340 e. The summed E-state index contributed by atoms with van der Waals surface area (Å²) in [7, 11) is -1.16. The van der Waals surface area contributed by atoms with Gasteiger partial charge in [-0.25, -0.2) is 13.2 Å². The number of sulfonamides is 1. The van der Waals surface area contributed by atoms with Gasteiger partial charge in [0.05, 0.1) is 24.9 Å². The van der Waals surface area contributed by atoms with Gasteiger partial charge >= 0.3 is 5.97 Å². The van der Waals surface area contributed by atoms with Crippen molar-refractivity contribution in [2.75, 3.05) is 18.4 Å². The molecule has 3 heterocycles. The molecule has 1 amide bonds. The number of benzene rings is 1. The van der Waals surface area contributed by atoms with Gasteiger partial charge in [-0.3, -0.25) is 14.2 Å². The van der Waals surface area contributed by atoms with Crippen LogP contribution in [0.3, 0.4) is 0 Å². The van der Waals surface area contributed by atoms with Crippen molar-refractivity contribution in [1.29, 1.82) is 0 Å². The van der Waals surface area contributed by atoms with Crippen LogP contribution in [0.4, 0.5) is 5.69 Å². The molecule has 9 nitrogen and oxygen atoms in total. The van der Waals surface area contributed by atoms with Gasteiger partial charge in [-0.15, -0.1) is 11.3 Å². The van der Waals surface area contributed by atoms with Crippen molar-refractivity contribution in [3.63, 3.8) is 0 Å². The minimum absolute atomic E-state index is 0.0444. The fourth-order valence-electron chi connectivity index (χ4n) is 3.85. The van der Waals surface area contributed by atoms with E-state index in [1.807, 2.05) is 19.9 Å². The molecule has 11 heteroatoms. The van der Waals surface area contributed by atoms with E-state index < -0.39 is 16.0 Å². The first-order valence-electron chi connectivity index (χ1n) is 10.2. The number of methoxy groups -OCH3 is 1. The monoisotopic (exact) mass is 488 g/mol. The number of rotatable bonds is 5. The third kappa shape index (κ3) is 4.13. The summed E-state index contributed by atoms with van der Waals surface area (Å²) in [6, 6.07) is 6.98. The fraction of sp³-hybridized carbons (Fsp3) is 0.318. The second-order valence-corrected chi connectivity index (χ2v) is 10.8. The highest BCUT2D eigenvalue weighted by Crippen LogP contribution is 2.38. The zero-order chi connectivity index (χ0) is 23.9. The zero-order valence-electron chi connectivity index (χ0n) is 18.7. The maximum absolute atomic E-state index is 13.4. The summed E-state index contributed by atoms with van der Waals surface area (Å²) in [5, 5.41) is 4.04. The van der Waals surface area contributed by atoms with Gasteiger partial charge in [0, 0.05) is 24.7 Å². The van der Waals surface area contributed by atoms with Gasteiger partial charge in [0.15, 0.2) is 4.21 Å². The van der Waals surface area contributed by atoms with E-state index in [1.54, 1.807) is 36.3 Å². The molecule has 1 aliphatic rings. The number of esters is 1. The predicted octanol–water partition coefficient (Wildman–Crippen LogP) is 2.88. The molecule has 1 N–H and O–H groups in total. The molecule has 2 aromatic heterocycles. The number of aromatic nitrogens is 2. The molecule has 0 radical (unpaired) electrons. The number of amides is 1. The van der Waals surface area contributed by atoms with Crippen molar-refractivity contribution in [2.24, 2.45) is 7.05 Å². The molecule has 174 valence electrons. The van der Waals surface area contributed by atoms with E-state index in [0.717, 1.165) is 22.5 Å². The van der Waals surface area contributed by atoms with E-state index in [9.17, 15) is 18.0 Å². The fourth-order valence-corrected chi connectivity index (χ4v) is 6.87. The zero-order valence-corrected chi connectivity index (χ0v) is 20.3. The molecule has 33 heavy (non-hydrogen) atoms. The molecule has 0 saturated carbocycles. The largest absolute Gasteiger partial charge is 0.465 e. The number of hydrogen-bond acceptors (Lipinski definition) is 7. The number of anilines is 1. The number of nitrogens with zero attached hydrogens (tertiary/aromatic N) is 3. The number of fused-ring (bicyclic) bond motifs is 1. The van der Waals surface area contributed by atoms with Crippen LogP contribution in [0.1, 0.15) is 42.4 Å². The normalized spacial score (nSPS) is 13.5. The molecule has 1 aliphatic heterocycles. The van der Waals surface area contributed by atoms with E-state index in [2.05, 4.69) is 9.82 Å².